The summed E-state index contributed by atoms with van der Waals surface area (Å²) in [5, 5.41) is 9.32. The number of benzene rings is 1. The molecule has 3 rings (SSSR count). The molecule has 5 heteroatoms. The second-order valence-electron chi connectivity index (χ2n) is 6.15. The minimum atomic E-state index is -0.978. The second-order valence-corrected chi connectivity index (χ2v) is 6.15. The lowest BCUT2D eigenvalue weighted by atomic mass is 9.98. The van der Waals surface area contributed by atoms with Gasteiger partial charge in [0.1, 0.15) is 6.04 Å². The molecule has 1 fully saturated rings. The second kappa shape index (κ2) is 6.43. The van der Waals surface area contributed by atoms with Crippen LogP contribution in [0.1, 0.15) is 35.7 Å². The van der Waals surface area contributed by atoms with Gasteiger partial charge < -0.3 is 10.0 Å². The van der Waals surface area contributed by atoms with E-state index in [-0.39, 0.29) is 11.9 Å². The van der Waals surface area contributed by atoms with Crippen molar-refractivity contribution in [2.24, 2.45) is 0 Å². The van der Waals surface area contributed by atoms with Gasteiger partial charge in [0.25, 0.3) is 5.91 Å². The van der Waals surface area contributed by atoms with Crippen LogP contribution in [0.15, 0.2) is 42.6 Å². The molecule has 0 radical (unpaired) electrons. The molecule has 0 aliphatic heterocycles. The molecule has 1 unspecified atom stereocenters. The van der Waals surface area contributed by atoms with Gasteiger partial charge in [-0.2, -0.15) is 0 Å². The van der Waals surface area contributed by atoms with Gasteiger partial charge in [-0.05, 0) is 50.5 Å². The van der Waals surface area contributed by atoms with Crippen molar-refractivity contribution in [3.63, 3.8) is 0 Å². The summed E-state index contributed by atoms with van der Waals surface area (Å²) in [7, 11) is 0. The SMILES string of the molecule is Cc1c(C(=O)N(C2CC2)C(C)C(=O)O)cccc1-c1ccccn1. The summed E-state index contributed by atoms with van der Waals surface area (Å²) in [6, 6.07) is 10.3. The molecule has 2 aromatic rings. The molecule has 0 spiro atoms. The Bertz CT molecular complexity index is 769. The summed E-state index contributed by atoms with van der Waals surface area (Å²) < 4.78 is 0. The molecular formula is C19H20N2O3. The van der Waals surface area contributed by atoms with Gasteiger partial charge in [0.2, 0.25) is 0 Å². The lowest BCUT2D eigenvalue weighted by Crippen LogP contribution is -2.45. The fraction of sp³-hybridized carbons (Fsp3) is 0.316. The summed E-state index contributed by atoms with van der Waals surface area (Å²) in [4.78, 5) is 30.3. The van der Waals surface area contributed by atoms with Crippen LogP contribution in [0.25, 0.3) is 11.3 Å². The van der Waals surface area contributed by atoms with Crippen molar-refractivity contribution in [1.82, 2.24) is 9.88 Å². The number of carbonyl (C=O) groups is 2. The first kappa shape index (κ1) is 16.2. The third-order valence-electron chi connectivity index (χ3n) is 4.45. The largest absolute Gasteiger partial charge is 0.480 e. The van der Waals surface area contributed by atoms with Gasteiger partial charge in [0.15, 0.2) is 0 Å². The van der Waals surface area contributed by atoms with E-state index in [0.29, 0.717) is 5.56 Å². The molecule has 1 atom stereocenters. The molecule has 24 heavy (non-hydrogen) atoms. The average Bonchev–Trinajstić information content (AvgIpc) is 3.40. The van der Waals surface area contributed by atoms with Gasteiger partial charge in [0, 0.05) is 23.4 Å². The van der Waals surface area contributed by atoms with Crippen LogP contribution < -0.4 is 0 Å². The van der Waals surface area contributed by atoms with Crippen molar-refractivity contribution in [1.29, 1.82) is 0 Å². The Kier molecular flexibility index (Phi) is 4.34. The Morgan fingerprint density at radius 3 is 2.54 bits per heavy atom. The van der Waals surface area contributed by atoms with Gasteiger partial charge in [-0.25, -0.2) is 4.79 Å². The Hall–Kier alpha value is -2.69. The van der Waals surface area contributed by atoms with Gasteiger partial charge in [-0.3, -0.25) is 9.78 Å². The number of nitrogens with zero attached hydrogens (tertiary/aromatic N) is 2. The fourth-order valence-electron chi connectivity index (χ4n) is 2.94. The van der Waals surface area contributed by atoms with Crippen LogP contribution in [0.2, 0.25) is 0 Å². The number of aromatic nitrogens is 1. The molecule has 1 N–H and O–H groups in total. The molecular weight excluding hydrogens is 304 g/mol. The minimum absolute atomic E-state index is 0.0292. The van der Waals surface area contributed by atoms with Crippen LogP contribution in [0.4, 0.5) is 0 Å². The zero-order chi connectivity index (χ0) is 17.3. The van der Waals surface area contributed by atoms with E-state index in [0.717, 1.165) is 29.7 Å². The zero-order valence-corrected chi connectivity index (χ0v) is 13.8. The van der Waals surface area contributed by atoms with Gasteiger partial charge in [-0.15, -0.1) is 0 Å². The Morgan fingerprint density at radius 1 is 1.21 bits per heavy atom. The molecule has 1 amide bonds. The number of carboxylic acid groups (broad SMARTS) is 1. The number of rotatable bonds is 5. The summed E-state index contributed by atoms with van der Waals surface area (Å²) in [6.07, 6.45) is 3.44. The van der Waals surface area contributed by atoms with Crippen molar-refractivity contribution in [3.05, 3.63) is 53.7 Å². The van der Waals surface area contributed by atoms with E-state index in [1.807, 2.05) is 37.3 Å². The number of hydrogen-bond donors (Lipinski definition) is 1. The van der Waals surface area contributed by atoms with Gasteiger partial charge >= 0.3 is 5.97 Å². The van der Waals surface area contributed by atoms with Crippen molar-refractivity contribution in [2.45, 2.75) is 38.8 Å². The van der Waals surface area contributed by atoms with Crippen LogP contribution in [0.5, 0.6) is 0 Å². The summed E-state index contributed by atoms with van der Waals surface area (Å²) in [6.45, 7) is 3.45. The first-order valence-electron chi connectivity index (χ1n) is 8.07. The van der Waals surface area contributed by atoms with E-state index in [2.05, 4.69) is 4.98 Å². The van der Waals surface area contributed by atoms with Crippen LogP contribution in [-0.4, -0.2) is 39.0 Å². The molecule has 1 heterocycles. The van der Waals surface area contributed by atoms with Crippen molar-refractivity contribution in [2.75, 3.05) is 0 Å². The fourth-order valence-corrected chi connectivity index (χ4v) is 2.94. The number of hydrogen-bond acceptors (Lipinski definition) is 3. The third kappa shape index (κ3) is 3.02. The monoisotopic (exact) mass is 324 g/mol. The highest BCUT2D eigenvalue weighted by molar-refractivity contribution is 5.99. The topological polar surface area (TPSA) is 70.5 Å². The van der Waals surface area contributed by atoms with E-state index in [9.17, 15) is 14.7 Å². The zero-order valence-electron chi connectivity index (χ0n) is 13.8. The normalized spacial score (nSPS) is 14.9. The number of amides is 1. The smallest absolute Gasteiger partial charge is 0.326 e. The van der Waals surface area contributed by atoms with Crippen molar-refractivity contribution < 1.29 is 14.7 Å². The molecule has 0 saturated heterocycles. The summed E-state index contributed by atoms with van der Waals surface area (Å²) >= 11 is 0. The number of carboxylic acids is 1. The predicted octanol–water partition coefficient (Wildman–Crippen LogP) is 3.13. The molecule has 0 bridgehead atoms. The molecule has 1 aromatic carbocycles. The first-order chi connectivity index (χ1) is 11.5. The van der Waals surface area contributed by atoms with E-state index in [1.54, 1.807) is 19.2 Å². The minimum Gasteiger partial charge on any atom is -0.480 e. The van der Waals surface area contributed by atoms with E-state index < -0.39 is 12.0 Å². The Labute approximate surface area is 140 Å². The molecule has 5 nitrogen and oxygen atoms in total. The highest BCUT2D eigenvalue weighted by Crippen LogP contribution is 2.32. The third-order valence-corrected chi connectivity index (χ3v) is 4.45. The van der Waals surface area contributed by atoms with Crippen LogP contribution >= 0.6 is 0 Å². The first-order valence-corrected chi connectivity index (χ1v) is 8.07. The van der Waals surface area contributed by atoms with E-state index in [4.69, 9.17) is 0 Å². The standard InChI is InChI=1S/C19H20N2O3/c1-12-15(17-8-3-4-11-20-17)6-5-7-16(12)18(22)21(14-9-10-14)13(2)19(23)24/h3-8,11,13-14H,9-10H2,1-2H3,(H,23,24). The Balaban J connectivity index is 2.00. The van der Waals surface area contributed by atoms with Crippen LogP contribution in [0.3, 0.4) is 0 Å². The van der Waals surface area contributed by atoms with Crippen LogP contribution in [0, 0.1) is 6.92 Å². The highest BCUT2D eigenvalue weighted by Gasteiger charge is 2.39. The van der Waals surface area contributed by atoms with E-state index in [1.165, 1.54) is 4.90 Å². The molecule has 1 aliphatic carbocycles. The summed E-state index contributed by atoms with van der Waals surface area (Å²) in [5.41, 5.74) is 3.05. The number of carbonyl (C=O) groups excluding carboxylic acids is 1. The predicted molar refractivity (Wildman–Crippen MR) is 90.7 cm³/mol. The maximum absolute atomic E-state index is 13.0. The van der Waals surface area contributed by atoms with Crippen LogP contribution in [-0.2, 0) is 4.79 Å². The van der Waals surface area contributed by atoms with Crippen molar-refractivity contribution >= 4 is 11.9 Å². The molecule has 1 aliphatic rings. The molecule has 124 valence electrons. The number of aliphatic carboxylic acids is 1. The summed E-state index contributed by atoms with van der Waals surface area (Å²) in [5.74, 6) is -1.20. The van der Waals surface area contributed by atoms with Gasteiger partial charge in [-0.1, -0.05) is 18.2 Å². The molecule has 1 aromatic heterocycles. The maximum Gasteiger partial charge on any atom is 0.326 e. The highest BCUT2D eigenvalue weighted by atomic mass is 16.4. The lowest BCUT2D eigenvalue weighted by molar-refractivity contribution is -0.141. The van der Waals surface area contributed by atoms with Gasteiger partial charge in [0.05, 0.1) is 5.69 Å². The maximum atomic E-state index is 13.0. The Morgan fingerprint density at radius 2 is 1.96 bits per heavy atom. The number of pyridine rings is 1. The van der Waals surface area contributed by atoms with Crippen molar-refractivity contribution in [3.8, 4) is 11.3 Å². The van der Waals surface area contributed by atoms with E-state index >= 15 is 0 Å². The average molecular weight is 324 g/mol. The lowest BCUT2D eigenvalue weighted by Gasteiger charge is -2.27. The molecule has 1 saturated carbocycles. The quantitative estimate of drug-likeness (QED) is 0.917.